The summed E-state index contributed by atoms with van der Waals surface area (Å²) in [6, 6.07) is 26.3. The minimum atomic E-state index is -4.75. The highest BCUT2D eigenvalue weighted by Gasteiger charge is 2.32. The Morgan fingerprint density at radius 3 is 1.56 bits per heavy atom. The van der Waals surface area contributed by atoms with Gasteiger partial charge in [-0.25, -0.2) is 14.6 Å². The molecule has 0 saturated heterocycles. The second-order valence-electron chi connectivity index (χ2n) is 12.3. The molecule has 1 N–H and O–H groups in total. The van der Waals surface area contributed by atoms with Crippen LogP contribution in [0.2, 0.25) is 0 Å². The van der Waals surface area contributed by atoms with E-state index in [2.05, 4.69) is 115 Å². The second-order valence-corrected chi connectivity index (χ2v) is 14.7. The first-order valence-corrected chi connectivity index (χ1v) is 20.0. The molecule has 0 amide bonds. The van der Waals surface area contributed by atoms with Gasteiger partial charge < -0.3 is 18.5 Å². The summed E-state index contributed by atoms with van der Waals surface area (Å²) in [6.45, 7) is 4.04. The van der Waals surface area contributed by atoms with Crippen LogP contribution < -0.4 is 9.47 Å². The van der Waals surface area contributed by atoms with Crippen LogP contribution in [-0.4, -0.2) is 63.0 Å². The molecule has 0 bridgehead atoms. The van der Waals surface area contributed by atoms with Crippen molar-refractivity contribution in [1.29, 1.82) is 0 Å². The SMILES string of the molecule is BrCc1cccc(Br)c1.Cc1nc(-c2nc(-c3ccc(OC(F)(F)F)cc3)no2)n[nH]1.Cc1nc(-c2nc(-c3ccc(OC(F)(F)F)cc3)no2)nn1Cc1cccc(Br)c1. The van der Waals surface area contributed by atoms with Gasteiger partial charge in [0.25, 0.3) is 11.8 Å². The number of aromatic nitrogens is 10. The highest BCUT2D eigenvalue weighted by atomic mass is 79.9. The van der Waals surface area contributed by atoms with Gasteiger partial charge in [-0.05, 0) is 97.8 Å². The van der Waals surface area contributed by atoms with Crippen molar-refractivity contribution >= 4 is 47.8 Å². The van der Waals surface area contributed by atoms with Crippen molar-refractivity contribution in [2.75, 3.05) is 0 Å². The molecule has 0 aliphatic carbocycles. The third-order valence-corrected chi connectivity index (χ3v) is 9.28. The third-order valence-electron chi connectivity index (χ3n) is 7.65. The van der Waals surface area contributed by atoms with Gasteiger partial charge in [-0.2, -0.15) is 9.97 Å². The van der Waals surface area contributed by atoms with Gasteiger partial charge in [-0.1, -0.05) is 82.4 Å². The minimum absolute atomic E-state index is 0.106. The highest BCUT2D eigenvalue weighted by Crippen LogP contribution is 2.28. The predicted octanol–water partition coefficient (Wildman–Crippen LogP) is 11.1. The van der Waals surface area contributed by atoms with Crippen LogP contribution in [-0.2, 0) is 11.9 Å². The molecule has 8 rings (SSSR count). The Kier molecular flexibility index (Phi) is 14.4. The molecule has 0 atom stereocenters. The molecule has 0 aliphatic rings. The van der Waals surface area contributed by atoms with Crippen LogP contribution in [0.15, 0.2) is 115 Å². The molecule has 0 aliphatic heterocycles. The van der Waals surface area contributed by atoms with E-state index < -0.39 is 12.7 Å². The summed E-state index contributed by atoms with van der Waals surface area (Å²) in [5.41, 5.74) is 3.27. The van der Waals surface area contributed by atoms with Crippen LogP contribution in [0, 0.1) is 13.8 Å². The van der Waals surface area contributed by atoms with E-state index in [1.165, 1.54) is 42.0 Å². The lowest BCUT2D eigenvalue weighted by molar-refractivity contribution is -0.275. The maximum absolute atomic E-state index is 12.3. The molecule has 14 nitrogen and oxygen atoms in total. The van der Waals surface area contributed by atoms with Crippen molar-refractivity contribution < 1.29 is 44.9 Å². The fraction of sp³-hybridized carbons (Fsp3) is 0.158. The van der Waals surface area contributed by atoms with Crippen molar-refractivity contribution in [2.24, 2.45) is 0 Å². The standard InChI is InChI=1S/C19H13BrF3N5O2.C12H8F3N5O2.C7H6Br2/c1-11-24-17(26-28(11)10-12-3-2-4-14(20)9-12)18-25-16(27-30-18)13-5-7-15(8-6-13)29-19(21,22)23;1-6-16-10(19-18-6)11-17-9(20-22-11)7-2-4-8(5-3-7)21-12(13,14)15;8-5-6-2-1-3-7(9)4-6/h2-9H,10H2,1H3;2-5H,1H3,(H,16,18,19);1-4H,5H2. The average molecular weight is 1040 g/mol. The second kappa shape index (κ2) is 19.6. The Morgan fingerprint density at radius 1 is 0.623 bits per heavy atom. The van der Waals surface area contributed by atoms with E-state index in [1.54, 1.807) is 11.6 Å². The Bertz CT molecular complexity index is 2670. The van der Waals surface area contributed by atoms with E-state index in [0.717, 1.165) is 32.0 Å². The van der Waals surface area contributed by atoms with Crippen LogP contribution in [0.3, 0.4) is 0 Å². The number of benzene rings is 4. The molecule has 0 radical (unpaired) electrons. The first-order chi connectivity index (χ1) is 29.0. The molecule has 0 fully saturated rings. The van der Waals surface area contributed by atoms with E-state index in [0.29, 0.717) is 29.3 Å². The molecule has 4 aromatic heterocycles. The molecule has 0 spiro atoms. The smallest absolute Gasteiger partial charge is 0.406 e. The zero-order chi connectivity index (χ0) is 43.7. The molecule has 4 heterocycles. The molecule has 23 heteroatoms. The lowest BCUT2D eigenvalue weighted by atomic mass is 10.2. The molecular weight excluding hydrogens is 1010 g/mol. The monoisotopic (exact) mass is 1040 g/mol. The Labute approximate surface area is 366 Å². The average Bonchev–Trinajstić information content (AvgIpc) is 4.03. The number of aryl methyl sites for hydroxylation is 2. The van der Waals surface area contributed by atoms with Gasteiger partial charge in [0, 0.05) is 25.4 Å². The molecule has 61 heavy (non-hydrogen) atoms. The largest absolute Gasteiger partial charge is 0.573 e. The molecule has 8 aromatic rings. The number of H-pyrrole nitrogens is 1. The number of rotatable bonds is 9. The molecular formula is C38H27Br3F6N10O4. The summed E-state index contributed by atoms with van der Waals surface area (Å²) in [5, 5.41) is 19.4. The van der Waals surface area contributed by atoms with E-state index in [9.17, 15) is 26.3 Å². The number of nitrogens with zero attached hydrogens (tertiary/aromatic N) is 9. The molecule has 4 aromatic carbocycles. The summed E-state index contributed by atoms with van der Waals surface area (Å²) in [6.07, 6.45) is -9.48. The van der Waals surface area contributed by atoms with Crippen LogP contribution in [0.5, 0.6) is 11.5 Å². The third kappa shape index (κ3) is 13.3. The maximum Gasteiger partial charge on any atom is 0.573 e. The van der Waals surface area contributed by atoms with Crippen molar-refractivity contribution in [1.82, 2.24) is 50.2 Å². The number of hydrogen-bond donors (Lipinski definition) is 1. The van der Waals surface area contributed by atoms with E-state index >= 15 is 0 Å². The predicted molar refractivity (Wildman–Crippen MR) is 217 cm³/mol. The number of alkyl halides is 7. The van der Waals surface area contributed by atoms with Crippen molar-refractivity contribution in [3.05, 3.63) is 129 Å². The maximum atomic E-state index is 12.3. The number of nitrogens with one attached hydrogen (secondary N) is 1. The number of ether oxygens (including phenoxy) is 2. The molecule has 0 unspecified atom stereocenters. The first-order valence-electron chi connectivity index (χ1n) is 17.3. The van der Waals surface area contributed by atoms with Crippen molar-refractivity contribution in [2.45, 2.75) is 38.4 Å². The van der Waals surface area contributed by atoms with E-state index in [-0.39, 0.29) is 46.6 Å². The van der Waals surface area contributed by atoms with Gasteiger partial charge in [0.1, 0.15) is 23.1 Å². The summed E-state index contributed by atoms with van der Waals surface area (Å²) in [7, 11) is 0. The summed E-state index contributed by atoms with van der Waals surface area (Å²) >= 11 is 10.2. The van der Waals surface area contributed by atoms with Crippen LogP contribution in [0.4, 0.5) is 26.3 Å². The normalized spacial score (nSPS) is 11.3. The fourth-order valence-electron chi connectivity index (χ4n) is 5.00. The van der Waals surface area contributed by atoms with Crippen LogP contribution >= 0.6 is 47.8 Å². The highest BCUT2D eigenvalue weighted by molar-refractivity contribution is 9.10. The Morgan fingerprint density at radius 2 is 1.11 bits per heavy atom. The van der Waals surface area contributed by atoms with Gasteiger partial charge in [0.15, 0.2) is 0 Å². The van der Waals surface area contributed by atoms with Gasteiger partial charge in [0.05, 0.1) is 6.54 Å². The number of aromatic amines is 1. The fourth-order valence-corrected chi connectivity index (χ4v) is 6.24. The molecule has 316 valence electrons. The summed E-state index contributed by atoms with van der Waals surface area (Å²) in [4.78, 5) is 16.7. The van der Waals surface area contributed by atoms with E-state index in [4.69, 9.17) is 9.05 Å². The van der Waals surface area contributed by atoms with Gasteiger partial charge in [-0.15, -0.1) is 36.5 Å². The first kappa shape index (κ1) is 44.6. The Hall–Kier alpha value is -5.94. The summed E-state index contributed by atoms with van der Waals surface area (Å²) in [5.74, 6) is 1.71. The van der Waals surface area contributed by atoms with E-state index in [1.807, 2.05) is 43.3 Å². The topological polar surface area (TPSA) is 169 Å². The summed E-state index contributed by atoms with van der Waals surface area (Å²) < 4.78 is 94.7. The lowest BCUT2D eigenvalue weighted by Crippen LogP contribution is -2.16. The van der Waals surface area contributed by atoms with Crippen molar-refractivity contribution in [3.63, 3.8) is 0 Å². The minimum Gasteiger partial charge on any atom is -0.406 e. The lowest BCUT2D eigenvalue weighted by Gasteiger charge is -2.08. The Balaban J connectivity index is 0.000000175. The van der Waals surface area contributed by atoms with Gasteiger partial charge in [-0.3, -0.25) is 5.10 Å². The molecule has 0 saturated carbocycles. The van der Waals surface area contributed by atoms with Gasteiger partial charge in [0.2, 0.25) is 23.3 Å². The van der Waals surface area contributed by atoms with Gasteiger partial charge >= 0.3 is 12.7 Å². The van der Waals surface area contributed by atoms with Crippen LogP contribution in [0.1, 0.15) is 22.8 Å². The van der Waals surface area contributed by atoms with Crippen molar-refractivity contribution in [3.8, 4) is 57.7 Å². The zero-order valence-electron chi connectivity index (χ0n) is 31.2. The number of halogens is 9. The zero-order valence-corrected chi connectivity index (χ0v) is 36.0. The van der Waals surface area contributed by atoms with Crippen LogP contribution in [0.25, 0.3) is 46.2 Å². The quantitative estimate of drug-likeness (QED) is 0.107. The number of hydrogen-bond acceptors (Lipinski definition) is 12.